The Hall–Kier alpha value is -0.580. The molecule has 3 rings (SSSR count). The van der Waals surface area contributed by atoms with Crippen LogP contribution in [-0.4, -0.2) is 29.2 Å². The summed E-state index contributed by atoms with van der Waals surface area (Å²) < 4.78 is 1.04. The average Bonchev–Trinajstić information content (AvgIpc) is 2.80. The number of hydrogen-bond acceptors (Lipinski definition) is 3. The summed E-state index contributed by atoms with van der Waals surface area (Å²) >= 11 is 3.48. The molecule has 1 saturated carbocycles. The van der Waals surface area contributed by atoms with Gasteiger partial charge in [-0.15, -0.1) is 0 Å². The lowest BCUT2D eigenvalue weighted by atomic mass is 10.00. The minimum absolute atomic E-state index is 0.0763. The third kappa shape index (κ3) is 2.42. The van der Waals surface area contributed by atoms with E-state index < -0.39 is 0 Å². The molecule has 3 atom stereocenters. The quantitative estimate of drug-likeness (QED) is 0.824. The molecule has 0 spiro atoms. The molecule has 1 heterocycles. The van der Waals surface area contributed by atoms with Gasteiger partial charge in [0, 0.05) is 35.7 Å². The molecule has 1 saturated heterocycles. The number of halogens is 1. The Kier molecular flexibility index (Phi) is 3.34. The molecule has 0 bridgehead atoms. The summed E-state index contributed by atoms with van der Waals surface area (Å²) in [6, 6.07) is 6.09. The van der Waals surface area contributed by atoms with Crippen LogP contribution < -0.4 is 5.73 Å². The molecule has 2 fully saturated rings. The Bertz CT molecular complexity index is 431. The van der Waals surface area contributed by atoms with Gasteiger partial charge in [0.15, 0.2) is 0 Å². The zero-order chi connectivity index (χ0) is 12.7. The Balaban J connectivity index is 1.67. The molecule has 2 aliphatic rings. The minimum atomic E-state index is -0.0763. The number of fused-ring (bicyclic) bond motifs is 1. The van der Waals surface area contributed by atoms with Gasteiger partial charge in [0.05, 0.1) is 6.10 Å². The largest absolute Gasteiger partial charge is 0.399 e. The standard InChI is InChI=1S/C14H19BrN2O/c15-11-3-9(4-12(16)5-11)6-17-7-10-1-2-14(18)13(10)8-17/h3-5,10,13-14,18H,1-2,6-8,16H2. The molecule has 0 amide bonds. The third-order valence-electron chi connectivity index (χ3n) is 4.28. The highest BCUT2D eigenvalue weighted by Gasteiger charge is 2.41. The van der Waals surface area contributed by atoms with E-state index in [1.165, 1.54) is 12.0 Å². The summed E-state index contributed by atoms with van der Waals surface area (Å²) in [5.41, 5.74) is 7.91. The summed E-state index contributed by atoms with van der Waals surface area (Å²) in [6.07, 6.45) is 2.10. The van der Waals surface area contributed by atoms with E-state index in [4.69, 9.17) is 5.73 Å². The lowest BCUT2D eigenvalue weighted by Gasteiger charge is -2.18. The van der Waals surface area contributed by atoms with Crippen molar-refractivity contribution in [2.75, 3.05) is 18.8 Å². The predicted octanol–water partition coefficient (Wildman–Crippen LogP) is 2.23. The van der Waals surface area contributed by atoms with E-state index in [1.54, 1.807) is 0 Å². The van der Waals surface area contributed by atoms with Crippen LogP contribution in [0.25, 0.3) is 0 Å². The number of likely N-dealkylation sites (tertiary alicyclic amines) is 1. The van der Waals surface area contributed by atoms with Gasteiger partial charge in [0.2, 0.25) is 0 Å². The van der Waals surface area contributed by atoms with Gasteiger partial charge in [-0.2, -0.15) is 0 Å². The SMILES string of the molecule is Nc1cc(Br)cc(CN2CC3CCC(O)C3C2)c1. The van der Waals surface area contributed by atoms with Crippen LogP contribution in [0.3, 0.4) is 0 Å². The number of rotatable bonds is 2. The van der Waals surface area contributed by atoms with E-state index in [-0.39, 0.29) is 6.10 Å². The molecule has 0 radical (unpaired) electrons. The molecule has 1 aromatic rings. The van der Waals surface area contributed by atoms with Crippen LogP contribution in [0.5, 0.6) is 0 Å². The molecular weight excluding hydrogens is 292 g/mol. The van der Waals surface area contributed by atoms with Crippen LogP contribution in [0.15, 0.2) is 22.7 Å². The maximum atomic E-state index is 9.92. The van der Waals surface area contributed by atoms with Crippen molar-refractivity contribution >= 4 is 21.6 Å². The van der Waals surface area contributed by atoms with Crippen LogP contribution in [0.2, 0.25) is 0 Å². The first-order valence-corrected chi connectivity index (χ1v) is 7.36. The topological polar surface area (TPSA) is 49.5 Å². The van der Waals surface area contributed by atoms with Crippen molar-refractivity contribution in [3.05, 3.63) is 28.2 Å². The van der Waals surface area contributed by atoms with Crippen LogP contribution >= 0.6 is 15.9 Å². The number of nitrogens with two attached hydrogens (primary N) is 1. The molecule has 0 aromatic heterocycles. The Labute approximate surface area is 116 Å². The van der Waals surface area contributed by atoms with Gasteiger partial charge in [0.1, 0.15) is 0 Å². The number of aliphatic hydroxyl groups excluding tert-OH is 1. The van der Waals surface area contributed by atoms with Gasteiger partial charge in [-0.1, -0.05) is 15.9 Å². The maximum Gasteiger partial charge on any atom is 0.0583 e. The highest BCUT2D eigenvalue weighted by atomic mass is 79.9. The smallest absolute Gasteiger partial charge is 0.0583 e. The minimum Gasteiger partial charge on any atom is -0.399 e. The molecule has 3 nitrogen and oxygen atoms in total. The monoisotopic (exact) mass is 310 g/mol. The van der Waals surface area contributed by atoms with Crippen molar-refractivity contribution in [2.24, 2.45) is 11.8 Å². The molecule has 3 unspecified atom stereocenters. The van der Waals surface area contributed by atoms with Gasteiger partial charge in [-0.3, -0.25) is 4.90 Å². The highest BCUT2D eigenvalue weighted by Crippen LogP contribution is 2.38. The van der Waals surface area contributed by atoms with Gasteiger partial charge in [-0.05, 0) is 42.5 Å². The van der Waals surface area contributed by atoms with Crippen molar-refractivity contribution in [1.29, 1.82) is 0 Å². The van der Waals surface area contributed by atoms with E-state index in [2.05, 4.69) is 26.9 Å². The molecule has 98 valence electrons. The van der Waals surface area contributed by atoms with Crippen molar-refractivity contribution in [3.8, 4) is 0 Å². The first-order valence-electron chi connectivity index (χ1n) is 6.57. The summed E-state index contributed by atoms with van der Waals surface area (Å²) in [5, 5.41) is 9.92. The normalized spacial score (nSPS) is 31.8. The van der Waals surface area contributed by atoms with Crippen LogP contribution in [-0.2, 0) is 6.54 Å². The van der Waals surface area contributed by atoms with E-state index in [0.29, 0.717) is 11.8 Å². The number of anilines is 1. The van der Waals surface area contributed by atoms with Crippen LogP contribution in [0.4, 0.5) is 5.69 Å². The second-order valence-corrected chi connectivity index (χ2v) is 6.57. The Morgan fingerprint density at radius 2 is 2.11 bits per heavy atom. The fourth-order valence-electron chi connectivity index (χ4n) is 3.48. The van der Waals surface area contributed by atoms with Crippen LogP contribution in [0, 0.1) is 11.8 Å². The summed E-state index contributed by atoms with van der Waals surface area (Å²) in [7, 11) is 0. The van der Waals surface area contributed by atoms with Crippen molar-refractivity contribution in [3.63, 3.8) is 0 Å². The van der Waals surface area contributed by atoms with Gasteiger partial charge in [-0.25, -0.2) is 0 Å². The van der Waals surface area contributed by atoms with Crippen molar-refractivity contribution in [2.45, 2.75) is 25.5 Å². The second-order valence-electron chi connectivity index (χ2n) is 5.66. The highest BCUT2D eigenvalue weighted by molar-refractivity contribution is 9.10. The lowest BCUT2D eigenvalue weighted by molar-refractivity contribution is 0.123. The predicted molar refractivity (Wildman–Crippen MR) is 76.1 cm³/mol. The zero-order valence-electron chi connectivity index (χ0n) is 10.3. The first kappa shape index (κ1) is 12.5. The number of aliphatic hydroxyl groups is 1. The van der Waals surface area contributed by atoms with E-state index in [0.717, 1.165) is 36.2 Å². The van der Waals surface area contributed by atoms with E-state index in [1.807, 2.05) is 12.1 Å². The van der Waals surface area contributed by atoms with Crippen LogP contribution in [0.1, 0.15) is 18.4 Å². The summed E-state index contributed by atoms with van der Waals surface area (Å²) in [5.74, 6) is 1.19. The molecule has 1 aromatic carbocycles. The second kappa shape index (κ2) is 4.83. The third-order valence-corrected chi connectivity index (χ3v) is 4.74. The lowest BCUT2D eigenvalue weighted by Crippen LogP contribution is -2.24. The van der Waals surface area contributed by atoms with Crippen molar-refractivity contribution < 1.29 is 5.11 Å². The van der Waals surface area contributed by atoms with E-state index in [9.17, 15) is 5.11 Å². The van der Waals surface area contributed by atoms with Gasteiger partial charge in [0.25, 0.3) is 0 Å². The molecule has 3 N–H and O–H groups in total. The number of benzene rings is 1. The first-order chi connectivity index (χ1) is 8.61. The average molecular weight is 311 g/mol. The number of hydrogen-bond donors (Lipinski definition) is 2. The van der Waals surface area contributed by atoms with E-state index >= 15 is 0 Å². The molecule has 18 heavy (non-hydrogen) atoms. The Morgan fingerprint density at radius 1 is 1.28 bits per heavy atom. The number of nitrogens with zero attached hydrogens (tertiary/aromatic N) is 1. The maximum absolute atomic E-state index is 9.92. The van der Waals surface area contributed by atoms with Crippen molar-refractivity contribution in [1.82, 2.24) is 4.90 Å². The summed E-state index contributed by atoms with van der Waals surface area (Å²) in [6.45, 7) is 3.08. The molecule has 1 aliphatic heterocycles. The zero-order valence-corrected chi connectivity index (χ0v) is 11.9. The fraction of sp³-hybridized carbons (Fsp3) is 0.571. The molecule has 1 aliphatic carbocycles. The van der Waals surface area contributed by atoms with Gasteiger partial charge < -0.3 is 10.8 Å². The molecule has 4 heteroatoms. The Morgan fingerprint density at radius 3 is 2.83 bits per heavy atom. The number of nitrogen functional groups attached to an aromatic ring is 1. The molecular formula is C14H19BrN2O. The summed E-state index contributed by atoms with van der Waals surface area (Å²) in [4.78, 5) is 2.44. The fourth-order valence-corrected chi connectivity index (χ4v) is 4.04. The van der Waals surface area contributed by atoms with Gasteiger partial charge >= 0.3 is 0 Å².